The summed E-state index contributed by atoms with van der Waals surface area (Å²) in [4.78, 5) is 10.9. The maximum Gasteiger partial charge on any atom is 0.330 e. The van der Waals surface area contributed by atoms with Gasteiger partial charge in [0.25, 0.3) is 0 Å². The average molecular weight is 196 g/mol. The molecule has 4 unspecified atom stereocenters. The van der Waals surface area contributed by atoms with Gasteiger partial charge in [-0.15, -0.1) is 0 Å². The molecule has 1 saturated carbocycles. The standard InChI is InChI=1S/C11H16O3/c1-3-10(12)13-6-8-4-7(2)5-9-11(8)14-9/h3,7-9,11H,1,4-6H2,2H3. The zero-order valence-electron chi connectivity index (χ0n) is 8.44. The molecule has 1 saturated heterocycles. The van der Waals surface area contributed by atoms with Gasteiger partial charge in [-0.3, -0.25) is 0 Å². The van der Waals surface area contributed by atoms with Crippen LogP contribution in [-0.2, 0) is 14.3 Å². The van der Waals surface area contributed by atoms with Gasteiger partial charge in [0.1, 0.15) is 0 Å². The van der Waals surface area contributed by atoms with Crippen molar-refractivity contribution in [3.63, 3.8) is 0 Å². The van der Waals surface area contributed by atoms with E-state index in [-0.39, 0.29) is 5.97 Å². The van der Waals surface area contributed by atoms with Gasteiger partial charge in [-0.2, -0.15) is 0 Å². The van der Waals surface area contributed by atoms with Crippen LogP contribution in [0.3, 0.4) is 0 Å². The Balaban J connectivity index is 1.80. The van der Waals surface area contributed by atoms with Crippen LogP contribution in [0.15, 0.2) is 12.7 Å². The summed E-state index contributed by atoms with van der Waals surface area (Å²) in [7, 11) is 0. The molecule has 78 valence electrons. The van der Waals surface area contributed by atoms with E-state index in [0.29, 0.717) is 30.7 Å². The number of esters is 1. The van der Waals surface area contributed by atoms with Crippen LogP contribution >= 0.6 is 0 Å². The fraction of sp³-hybridized carbons (Fsp3) is 0.727. The van der Waals surface area contributed by atoms with Gasteiger partial charge in [0.2, 0.25) is 0 Å². The maximum absolute atomic E-state index is 10.9. The molecular formula is C11H16O3. The van der Waals surface area contributed by atoms with E-state index in [9.17, 15) is 4.79 Å². The van der Waals surface area contributed by atoms with Crippen molar-refractivity contribution in [3.8, 4) is 0 Å². The van der Waals surface area contributed by atoms with Gasteiger partial charge in [0.05, 0.1) is 18.8 Å². The van der Waals surface area contributed by atoms with Crippen LogP contribution in [0.1, 0.15) is 19.8 Å². The minimum Gasteiger partial charge on any atom is -0.462 e. The van der Waals surface area contributed by atoms with E-state index in [2.05, 4.69) is 13.5 Å². The Bertz CT molecular complexity index is 249. The van der Waals surface area contributed by atoms with Crippen molar-refractivity contribution in [1.82, 2.24) is 0 Å². The molecule has 3 heteroatoms. The Labute approximate surface area is 84.1 Å². The number of carbonyl (C=O) groups excluding carboxylic acids is 1. The van der Waals surface area contributed by atoms with E-state index in [1.165, 1.54) is 6.08 Å². The third kappa shape index (κ3) is 1.98. The predicted molar refractivity (Wildman–Crippen MR) is 51.7 cm³/mol. The molecule has 0 aromatic carbocycles. The Morgan fingerprint density at radius 2 is 2.43 bits per heavy atom. The Morgan fingerprint density at radius 1 is 1.64 bits per heavy atom. The van der Waals surface area contributed by atoms with E-state index in [1.807, 2.05) is 0 Å². The topological polar surface area (TPSA) is 38.8 Å². The lowest BCUT2D eigenvalue weighted by molar-refractivity contribution is -0.139. The van der Waals surface area contributed by atoms with Gasteiger partial charge in [-0.1, -0.05) is 13.5 Å². The smallest absolute Gasteiger partial charge is 0.330 e. The van der Waals surface area contributed by atoms with Crippen LogP contribution in [0.5, 0.6) is 0 Å². The predicted octanol–water partition coefficient (Wildman–Crippen LogP) is 1.53. The lowest BCUT2D eigenvalue weighted by Crippen LogP contribution is -2.26. The summed E-state index contributed by atoms with van der Waals surface area (Å²) in [5.74, 6) is 0.749. The van der Waals surface area contributed by atoms with Crippen molar-refractivity contribution in [1.29, 1.82) is 0 Å². The molecule has 2 fully saturated rings. The summed E-state index contributed by atoms with van der Waals surface area (Å²) >= 11 is 0. The molecule has 1 aliphatic carbocycles. The fourth-order valence-electron chi connectivity index (χ4n) is 2.32. The quantitative estimate of drug-likeness (QED) is 0.390. The number of hydrogen-bond acceptors (Lipinski definition) is 3. The van der Waals surface area contributed by atoms with Crippen molar-refractivity contribution in [2.45, 2.75) is 32.0 Å². The minimum atomic E-state index is -0.333. The van der Waals surface area contributed by atoms with Crippen LogP contribution in [0.4, 0.5) is 0 Å². The van der Waals surface area contributed by atoms with Crippen molar-refractivity contribution < 1.29 is 14.3 Å². The summed E-state index contributed by atoms with van der Waals surface area (Å²) in [5.41, 5.74) is 0. The van der Waals surface area contributed by atoms with Crippen molar-refractivity contribution >= 4 is 5.97 Å². The average Bonchev–Trinajstić information content (AvgIpc) is 2.92. The molecular weight excluding hydrogens is 180 g/mol. The molecule has 0 aromatic heterocycles. The second kappa shape index (κ2) is 3.73. The van der Waals surface area contributed by atoms with Crippen LogP contribution in [-0.4, -0.2) is 24.8 Å². The highest BCUT2D eigenvalue weighted by atomic mass is 16.6. The molecule has 0 N–H and O–H groups in total. The zero-order valence-corrected chi connectivity index (χ0v) is 8.44. The lowest BCUT2D eigenvalue weighted by Gasteiger charge is -2.22. The highest BCUT2D eigenvalue weighted by molar-refractivity contribution is 5.81. The normalized spacial score (nSPS) is 39.8. The van der Waals surface area contributed by atoms with Gasteiger partial charge < -0.3 is 9.47 Å². The van der Waals surface area contributed by atoms with E-state index in [1.54, 1.807) is 0 Å². The van der Waals surface area contributed by atoms with Crippen molar-refractivity contribution in [3.05, 3.63) is 12.7 Å². The third-order valence-corrected chi connectivity index (χ3v) is 3.03. The number of rotatable bonds is 3. The third-order valence-electron chi connectivity index (χ3n) is 3.03. The number of hydrogen-bond donors (Lipinski definition) is 0. The van der Waals surface area contributed by atoms with E-state index in [0.717, 1.165) is 12.8 Å². The molecule has 0 radical (unpaired) electrons. The number of ether oxygens (including phenoxy) is 2. The molecule has 0 spiro atoms. The van der Waals surface area contributed by atoms with Gasteiger partial charge >= 0.3 is 5.97 Å². The van der Waals surface area contributed by atoms with Gasteiger partial charge in [-0.05, 0) is 18.8 Å². The molecule has 3 nitrogen and oxygen atoms in total. The molecule has 0 bridgehead atoms. The molecule has 1 heterocycles. The van der Waals surface area contributed by atoms with Crippen LogP contribution in [0, 0.1) is 11.8 Å². The Hall–Kier alpha value is -0.830. The first-order valence-electron chi connectivity index (χ1n) is 5.15. The minimum absolute atomic E-state index is 0.333. The summed E-state index contributed by atoms with van der Waals surface area (Å²) in [6.07, 6.45) is 4.26. The second-order valence-electron chi connectivity index (χ2n) is 4.31. The highest BCUT2D eigenvalue weighted by Gasteiger charge is 2.49. The van der Waals surface area contributed by atoms with Gasteiger partial charge in [0, 0.05) is 12.0 Å². The van der Waals surface area contributed by atoms with E-state index >= 15 is 0 Å². The number of carbonyl (C=O) groups is 1. The molecule has 0 aromatic rings. The molecule has 14 heavy (non-hydrogen) atoms. The summed E-state index contributed by atoms with van der Waals surface area (Å²) < 4.78 is 10.5. The summed E-state index contributed by atoms with van der Waals surface area (Å²) in [5, 5.41) is 0. The monoisotopic (exact) mass is 196 g/mol. The zero-order chi connectivity index (χ0) is 10.1. The molecule has 1 aliphatic heterocycles. The highest BCUT2D eigenvalue weighted by Crippen LogP contribution is 2.43. The molecule has 2 rings (SSSR count). The second-order valence-corrected chi connectivity index (χ2v) is 4.31. The van der Waals surface area contributed by atoms with Crippen LogP contribution in [0.25, 0.3) is 0 Å². The Morgan fingerprint density at radius 3 is 3.14 bits per heavy atom. The SMILES string of the molecule is C=CC(=O)OCC1CC(C)CC2OC12. The first-order valence-corrected chi connectivity index (χ1v) is 5.15. The molecule has 4 atom stereocenters. The van der Waals surface area contributed by atoms with Crippen LogP contribution < -0.4 is 0 Å². The van der Waals surface area contributed by atoms with E-state index in [4.69, 9.17) is 9.47 Å². The first kappa shape index (κ1) is 9.71. The summed E-state index contributed by atoms with van der Waals surface area (Å²) in [6.45, 7) is 6.07. The van der Waals surface area contributed by atoms with Crippen molar-refractivity contribution in [2.75, 3.05) is 6.61 Å². The van der Waals surface area contributed by atoms with Gasteiger partial charge in [-0.25, -0.2) is 4.79 Å². The first-order chi connectivity index (χ1) is 6.70. The van der Waals surface area contributed by atoms with E-state index < -0.39 is 0 Å². The van der Waals surface area contributed by atoms with Gasteiger partial charge in [0.15, 0.2) is 0 Å². The summed E-state index contributed by atoms with van der Waals surface area (Å²) in [6, 6.07) is 0. The van der Waals surface area contributed by atoms with Crippen LogP contribution in [0.2, 0.25) is 0 Å². The molecule has 0 amide bonds. The lowest BCUT2D eigenvalue weighted by atomic mass is 9.83. The Kier molecular flexibility index (Phi) is 2.59. The molecule has 2 aliphatic rings. The largest absolute Gasteiger partial charge is 0.462 e. The fourth-order valence-corrected chi connectivity index (χ4v) is 2.32. The maximum atomic E-state index is 10.9. The number of fused-ring (bicyclic) bond motifs is 1. The van der Waals surface area contributed by atoms with Crippen molar-refractivity contribution in [2.24, 2.45) is 11.8 Å². The number of epoxide rings is 1.